The molecule has 0 aromatic carbocycles. The maximum Gasteiger partial charge on any atom is 0.0589 e. The van der Waals surface area contributed by atoms with Crippen LogP contribution in [0.1, 0.15) is 52.4 Å². The van der Waals surface area contributed by atoms with E-state index in [-0.39, 0.29) is 0 Å². The average molecular weight is 225 g/mol. The lowest BCUT2D eigenvalue weighted by Crippen LogP contribution is -2.44. The highest BCUT2D eigenvalue weighted by atomic mass is 16.3. The Bertz CT molecular complexity index is 219. The molecule has 4 atom stereocenters. The SMILES string of the molecule is CCC1CCCC(N2CCC(C)C2CO)C1. The Balaban J connectivity index is 1.95. The first-order valence-corrected chi connectivity index (χ1v) is 7.12. The fourth-order valence-electron chi connectivity index (χ4n) is 3.71. The monoisotopic (exact) mass is 225 g/mol. The zero-order valence-corrected chi connectivity index (χ0v) is 10.9. The number of hydrogen-bond acceptors (Lipinski definition) is 2. The van der Waals surface area contributed by atoms with Crippen LogP contribution in [0.25, 0.3) is 0 Å². The molecule has 2 aliphatic rings. The van der Waals surface area contributed by atoms with E-state index in [4.69, 9.17) is 0 Å². The van der Waals surface area contributed by atoms with Gasteiger partial charge >= 0.3 is 0 Å². The highest BCUT2D eigenvalue weighted by Gasteiger charge is 2.36. The molecule has 1 saturated carbocycles. The highest BCUT2D eigenvalue weighted by molar-refractivity contribution is 4.90. The van der Waals surface area contributed by atoms with Crippen molar-refractivity contribution < 1.29 is 5.11 Å². The fraction of sp³-hybridized carbons (Fsp3) is 1.00. The molecule has 0 spiro atoms. The third kappa shape index (κ3) is 2.43. The lowest BCUT2D eigenvalue weighted by atomic mass is 9.83. The van der Waals surface area contributed by atoms with Crippen LogP contribution in [0.15, 0.2) is 0 Å². The summed E-state index contributed by atoms with van der Waals surface area (Å²) in [5.74, 6) is 1.63. The van der Waals surface area contributed by atoms with Gasteiger partial charge in [0.25, 0.3) is 0 Å². The predicted octanol–water partition coefficient (Wildman–Crippen LogP) is 2.66. The number of rotatable bonds is 3. The minimum absolute atomic E-state index is 0.356. The van der Waals surface area contributed by atoms with Crippen molar-refractivity contribution in [1.82, 2.24) is 4.90 Å². The van der Waals surface area contributed by atoms with E-state index in [1.54, 1.807) is 0 Å². The predicted molar refractivity (Wildman–Crippen MR) is 67.4 cm³/mol. The molecule has 0 aromatic rings. The van der Waals surface area contributed by atoms with Crippen molar-refractivity contribution in [1.29, 1.82) is 0 Å². The number of aliphatic hydroxyl groups excluding tert-OH is 1. The first-order chi connectivity index (χ1) is 7.76. The summed E-state index contributed by atoms with van der Waals surface area (Å²) in [6.07, 6.45) is 8.17. The van der Waals surface area contributed by atoms with Gasteiger partial charge in [-0.3, -0.25) is 4.90 Å². The molecule has 0 aromatic heterocycles. The summed E-state index contributed by atoms with van der Waals surface area (Å²) in [5.41, 5.74) is 0. The number of likely N-dealkylation sites (tertiary alicyclic amines) is 1. The Morgan fingerprint density at radius 3 is 2.75 bits per heavy atom. The van der Waals surface area contributed by atoms with Gasteiger partial charge < -0.3 is 5.11 Å². The van der Waals surface area contributed by atoms with E-state index >= 15 is 0 Å². The number of nitrogens with zero attached hydrogens (tertiary/aromatic N) is 1. The van der Waals surface area contributed by atoms with Crippen molar-refractivity contribution in [3.63, 3.8) is 0 Å². The molecule has 4 unspecified atom stereocenters. The van der Waals surface area contributed by atoms with Gasteiger partial charge in [-0.05, 0) is 37.6 Å². The second-order valence-electron chi connectivity index (χ2n) is 5.85. The Kier molecular flexibility index (Phi) is 4.26. The molecule has 2 fully saturated rings. The van der Waals surface area contributed by atoms with Crippen molar-refractivity contribution in [2.24, 2.45) is 11.8 Å². The van der Waals surface area contributed by atoms with Crippen LogP contribution in [-0.4, -0.2) is 35.2 Å². The zero-order chi connectivity index (χ0) is 11.5. The summed E-state index contributed by atoms with van der Waals surface area (Å²) in [5, 5.41) is 9.52. The molecule has 1 saturated heterocycles. The summed E-state index contributed by atoms with van der Waals surface area (Å²) in [7, 11) is 0. The molecule has 2 nitrogen and oxygen atoms in total. The first kappa shape index (κ1) is 12.4. The molecule has 2 heteroatoms. The molecule has 0 amide bonds. The van der Waals surface area contributed by atoms with Gasteiger partial charge in [0.2, 0.25) is 0 Å². The van der Waals surface area contributed by atoms with Crippen molar-refractivity contribution >= 4 is 0 Å². The molecule has 16 heavy (non-hydrogen) atoms. The van der Waals surface area contributed by atoms with Crippen LogP contribution in [0.4, 0.5) is 0 Å². The molecule has 0 bridgehead atoms. The minimum atomic E-state index is 0.356. The first-order valence-electron chi connectivity index (χ1n) is 7.12. The Morgan fingerprint density at radius 1 is 1.25 bits per heavy atom. The van der Waals surface area contributed by atoms with E-state index in [1.165, 1.54) is 45.1 Å². The Morgan fingerprint density at radius 2 is 2.06 bits per heavy atom. The maximum absolute atomic E-state index is 9.52. The van der Waals surface area contributed by atoms with Gasteiger partial charge in [-0.15, -0.1) is 0 Å². The van der Waals surface area contributed by atoms with Gasteiger partial charge in [0.05, 0.1) is 6.61 Å². The third-order valence-electron chi connectivity index (χ3n) is 4.91. The van der Waals surface area contributed by atoms with Gasteiger partial charge in [-0.1, -0.05) is 33.1 Å². The van der Waals surface area contributed by atoms with Crippen molar-refractivity contribution in [3.05, 3.63) is 0 Å². The molecule has 1 heterocycles. The van der Waals surface area contributed by atoms with E-state index in [1.807, 2.05) is 0 Å². The summed E-state index contributed by atoms with van der Waals surface area (Å²) < 4.78 is 0. The summed E-state index contributed by atoms with van der Waals surface area (Å²) in [6.45, 7) is 6.19. The van der Waals surface area contributed by atoms with E-state index in [0.29, 0.717) is 18.6 Å². The Labute approximate surface area is 100 Å². The second-order valence-corrected chi connectivity index (χ2v) is 5.85. The second kappa shape index (κ2) is 5.50. The molecule has 94 valence electrons. The van der Waals surface area contributed by atoms with E-state index in [0.717, 1.165) is 12.0 Å². The standard InChI is InChI=1S/C14H27NO/c1-3-12-5-4-6-13(9-12)15-8-7-11(2)14(15)10-16/h11-14,16H,3-10H2,1-2H3. The number of aliphatic hydroxyl groups is 1. The summed E-state index contributed by atoms with van der Waals surface area (Å²) in [4.78, 5) is 2.62. The van der Waals surface area contributed by atoms with Crippen molar-refractivity contribution in [2.45, 2.75) is 64.5 Å². The molecule has 1 aliphatic carbocycles. The van der Waals surface area contributed by atoms with Gasteiger partial charge in [0, 0.05) is 12.1 Å². The van der Waals surface area contributed by atoms with Crippen LogP contribution < -0.4 is 0 Å². The van der Waals surface area contributed by atoms with Crippen LogP contribution >= 0.6 is 0 Å². The normalized spacial score (nSPS) is 41.4. The van der Waals surface area contributed by atoms with E-state index in [9.17, 15) is 5.11 Å². The van der Waals surface area contributed by atoms with Gasteiger partial charge in [0.1, 0.15) is 0 Å². The van der Waals surface area contributed by atoms with Gasteiger partial charge in [-0.25, -0.2) is 0 Å². The van der Waals surface area contributed by atoms with Crippen LogP contribution in [0.2, 0.25) is 0 Å². The van der Waals surface area contributed by atoms with Crippen molar-refractivity contribution in [3.8, 4) is 0 Å². The van der Waals surface area contributed by atoms with Crippen molar-refractivity contribution in [2.75, 3.05) is 13.2 Å². The molecular formula is C14H27NO. The third-order valence-corrected chi connectivity index (χ3v) is 4.91. The molecule has 0 radical (unpaired) electrons. The fourth-order valence-corrected chi connectivity index (χ4v) is 3.71. The Hall–Kier alpha value is -0.0800. The van der Waals surface area contributed by atoms with Crippen LogP contribution in [-0.2, 0) is 0 Å². The largest absolute Gasteiger partial charge is 0.395 e. The minimum Gasteiger partial charge on any atom is -0.395 e. The van der Waals surface area contributed by atoms with Crippen LogP contribution in [0.5, 0.6) is 0 Å². The van der Waals surface area contributed by atoms with Gasteiger partial charge in [-0.2, -0.15) is 0 Å². The topological polar surface area (TPSA) is 23.5 Å². The number of hydrogen-bond donors (Lipinski definition) is 1. The molecular weight excluding hydrogens is 198 g/mol. The summed E-state index contributed by atoms with van der Waals surface area (Å²) >= 11 is 0. The molecule has 1 aliphatic heterocycles. The average Bonchev–Trinajstić information content (AvgIpc) is 2.70. The zero-order valence-electron chi connectivity index (χ0n) is 10.9. The van der Waals surface area contributed by atoms with Gasteiger partial charge in [0.15, 0.2) is 0 Å². The maximum atomic E-state index is 9.52. The highest BCUT2D eigenvalue weighted by Crippen LogP contribution is 2.35. The van der Waals surface area contributed by atoms with Crippen LogP contribution in [0, 0.1) is 11.8 Å². The van der Waals surface area contributed by atoms with Crippen LogP contribution in [0.3, 0.4) is 0 Å². The summed E-state index contributed by atoms with van der Waals surface area (Å²) in [6, 6.07) is 1.21. The molecule has 2 rings (SSSR count). The molecule has 1 N–H and O–H groups in total. The quantitative estimate of drug-likeness (QED) is 0.798. The smallest absolute Gasteiger partial charge is 0.0589 e. The van der Waals surface area contributed by atoms with E-state index < -0.39 is 0 Å². The lowest BCUT2D eigenvalue weighted by molar-refractivity contribution is 0.0708. The van der Waals surface area contributed by atoms with E-state index in [2.05, 4.69) is 18.7 Å². The lowest BCUT2D eigenvalue weighted by Gasteiger charge is -2.38.